The molecule has 1 unspecified atom stereocenters. The molecule has 1 heterocycles. The second kappa shape index (κ2) is 9.20. The van der Waals surface area contributed by atoms with Crippen molar-refractivity contribution >= 4 is 34.0 Å². The summed E-state index contributed by atoms with van der Waals surface area (Å²) in [6.07, 6.45) is -0.610. The number of nitrogens with zero attached hydrogens (tertiary/aromatic N) is 1. The summed E-state index contributed by atoms with van der Waals surface area (Å²) in [5.41, 5.74) is 8.03. The van der Waals surface area contributed by atoms with E-state index in [4.69, 9.17) is 15.2 Å². The molecule has 0 aliphatic rings. The molecule has 3 aromatic rings. The number of rotatable bonds is 7. The highest BCUT2D eigenvalue weighted by molar-refractivity contribution is 7.14. The highest BCUT2D eigenvalue weighted by Crippen LogP contribution is 2.27. The number of methoxy groups -OCH3 is 1. The van der Waals surface area contributed by atoms with E-state index >= 15 is 0 Å². The van der Waals surface area contributed by atoms with Crippen LogP contribution in [-0.4, -0.2) is 30.1 Å². The number of carbonyl (C=O) groups is 2. The maximum atomic E-state index is 12.6. The second-order valence-corrected chi connectivity index (χ2v) is 7.04. The minimum Gasteiger partial charge on any atom is -0.497 e. The highest BCUT2D eigenvalue weighted by atomic mass is 32.1. The first-order valence-corrected chi connectivity index (χ1v) is 9.85. The fraction of sp³-hybridized carbons (Fsp3) is 0.190. The molecule has 1 aromatic heterocycles. The van der Waals surface area contributed by atoms with Crippen LogP contribution in [0.25, 0.3) is 11.3 Å². The number of esters is 1. The zero-order valence-corrected chi connectivity index (χ0v) is 16.9. The quantitative estimate of drug-likeness (QED) is 0.450. The van der Waals surface area contributed by atoms with Gasteiger partial charge in [0.05, 0.1) is 18.4 Å². The van der Waals surface area contributed by atoms with E-state index in [1.165, 1.54) is 17.4 Å². The van der Waals surface area contributed by atoms with Crippen LogP contribution in [0.5, 0.6) is 5.75 Å². The molecular weight excluding hydrogens is 390 g/mol. The molecule has 150 valence electrons. The summed E-state index contributed by atoms with van der Waals surface area (Å²) in [5, 5.41) is 4.98. The number of ether oxygens (including phenoxy) is 2. The summed E-state index contributed by atoms with van der Waals surface area (Å²) in [7, 11) is 1.60. The first-order chi connectivity index (χ1) is 14.0. The summed E-state index contributed by atoms with van der Waals surface area (Å²) in [5.74, 6) is -0.313. The third-order valence-corrected chi connectivity index (χ3v) is 4.89. The average molecular weight is 411 g/mol. The lowest BCUT2D eigenvalue weighted by atomic mass is 10.2. The van der Waals surface area contributed by atoms with Crippen molar-refractivity contribution < 1.29 is 19.1 Å². The van der Waals surface area contributed by atoms with Crippen LogP contribution in [0.4, 0.5) is 10.8 Å². The fourth-order valence-corrected chi connectivity index (χ4v) is 3.34. The predicted molar refractivity (Wildman–Crippen MR) is 113 cm³/mol. The number of hydrogen-bond acceptors (Lipinski definition) is 7. The van der Waals surface area contributed by atoms with Crippen LogP contribution in [0.15, 0.2) is 53.9 Å². The minimum absolute atomic E-state index is 0.297. The Labute approximate surface area is 172 Å². The topological polar surface area (TPSA) is 104 Å². The number of aromatic nitrogens is 1. The average Bonchev–Trinajstić information content (AvgIpc) is 3.20. The molecule has 1 atom stereocenters. The monoisotopic (exact) mass is 411 g/mol. The van der Waals surface area contributed by atoms with Crippen molar-refractivity contribution in [2.75, 3.05) is 18.2 Å². The van der Waals surface area contributed by atoms with Gasteiger partial charge in [-0.25, -0.2) is 9.78 Å². The molecule has 8 heteroatoms. The number of anilines is 2. The Kier molecular flexibility index (Phi) is 6.46. The second-order valence-electron chi connectivity index (χ2n) is 6.19. The molecule has 29 heavy (non-hydrogen) atoms. The largest absolute Gasteiger partial charge is 0.497 e. The molecule has 0 spiro atoms. The molecular formula is C21H21N3O4S. The van der Waals surface area contributed by atoms with Gasteiger partial charge in [-0.1, -0.05) is 25.1 Å². The van der Waals surface area contributed by atoms with Crippen LogP contribution in [0.1, 0.15) is 23.7 Å². The van der Waals surface area contributed by atoms with Gasteiger partial charge >= 0.3 is 5.97 Å². The smallest absolute Gasteiger partial charge is 0.338 e. The van der Waals surface area contributed by atoms with E-state index in [9.17, 15) is 9.59 Å². The van der Waals surface area contributed by atoms with Gasteiger partial charge in [0.15, 0.2) is 11.2 Å². The van der Waals surface area contributed by atoms with Crippen molar-refractivity contribution in [3.8, 4) is 17.0 Å². The molecule has 0 aliphatic heterocycles. The first-order valence-electron chi connectivity index (χ1n) is 8.97. The van der Waals surface area contributed by atoms with E-state index in [1.54, 1.807) is 32.2 Å². The Morgan fingerprint density at radius 1 is 1.21 bits per heavy atom. The lowest BCUT2D eigenvalue weighted by Crippen LogP contribution is -2.32. The Balaban J connectivity index is 1.67. The number of amides is 1. The van der Waals surface area contributed by atoms with Crippen LogP contribution in [0.3, 0.4) is 0 Å². The van der Waals surface area contributed by atoms with E-state index in [0.29, 0.717) is 28.5 Å². The summed E-state index contributed by atoms with van der Waals surface area (Å²) < 4.78 is 10.6. The normalized spacial score (nSPS) is 11.5. The first kappa shape index (κ1) is 20.3. The van der Waals surface area contributed by atoms with Crippen molar-refractivity contribution in [1.29, 1.82) is 0 Å². The van der Waals surface area contributed by atoms with Crippen LogP contribution < -0.4 is 15.8 Å². The molecule has 0 fully saturated rings. The van der Waals surface area contributed by atoms with Crippen molar-refractivity contribution in [3.63, 3.8) is 0 Å². The maximum absolute atomic E-state index is 12.6. The Bertz CT molecular complexity index is 1020. The highest BCUT2D eigenvalue weighted by Gasteiger charge is 2.23. The lowest BCUT2D eigenvalue weighted by Gasteiger charge is -2.15. The molecule has 2 aromatic carbocycles. The molecule has 3 rings (SSSR count). The van der Waals surface area contributed by atoms with Gasteiger partial charge in [0, 0.05) is 16.6 Å². The van der Waals surface area contributed by atoms with Crippen LogP contribution in [-0.2, 0) is 9.53 Å². The summed E-state index contributed by atoms with van der Waals surface area (Å²) in [4.78, 5) is 29.3. The van der Waals surface area contributed by atoms with Crippen LogP contribution in [0.2, 0.25) is 0 Å². The van der Waals surface area contributed by atoms with Gasteiger partial charge in [0.25, 0.3) is 5.91 Å². The van der Waals surface area contributed by atoms with Crippen molar-refractivity contribution in [2.24, 2.45) is 0 Å². The molecule has 7 nitrogen and oxygen atoms in total. The molecule has 3 N–H and O–H groups in total. The van der Waals surface area contributed by atoms with E-state index in [-0.39, 0.29) is 0 Å². The van der Waals surface area contributed by atoms with Crippen molar-refractivity contribution in [3.05, 3.63) is 59.5 Å². The number of nitrogens with one attached hydrogen (secondary N) is 1. The molecule has 0 saturated carbocycles. The van der Waals surface area contributed by atoms with Gasteiger partial charge < -0.3 is 15.2 Å². The van der Waals surface area contributed by atoms with Gasteiger partial charge in [0.2, 0.25) is 0 Å². The van der Waals surface area contributed by atoms with Gasteiger partial charge in [-0.2, -0.15) is 0 Å². The Morgan fingerprint density at radius 3 is 2.72 bits per heavy atom. The number of nitrogen functional groups attached to an aromatic ring is 1. The van der Waals surface area contributed by atoms with Gasteiger partial charge in [0.1, 0.15) is 5.75 Å². The SMILES string of the molecule is CCC(OC(=O)c1cccc(N)c1)C(=O)Nc1nc(-c2cccc(OC)c2)cs1. The number of nitrogens with two attached hydrogens (primary N) is 1. The predicted octanol–water partition coefficient (Wildman–Crippen LogP) is 3.98. The lowest BCUT2D eigenvalue weighted by molar-refractivity contribution is -0.124. The fourth-order valence-electron chi connectivity index (χ4n) is 2.62. The zero-order valence-electron chi connectivity index (χ0n) is 16.0. The molecule has 0 radical (unpaired) electrons. The number of hydrogen-bond donors (Lipinski definition) is 2. The molecule has 0 bridgehead atoms. The third-order valence-electron chi connectivity index (χ3n) is 4.13. The van der Waals surface area contributed by atoms with Crippen molar-refractivity contribution in [2.45, 2.75) is 19.4 Å². The van der Waals surface area contributed by atoms with E-state index in [0.717, 1.165) is 11.3 Å². The summed E-state index contributed by atoms with van der Waals surface area (Å²) in [6, 6.07) is 13.9. The van der Waals surface area contributed by atoms with Crippen LogP contribution in [0, 0.1) is 0 Å². The van der Waals surface area contributed by atoms with Crippen LogP contribution >= 0.6 is 11.3 Å². The number of benzene rings is 2. The number of carbonyl (C=O) groups excluding carboxylic acids is 2. The zero-order chi connectivity index (χ0) is 20.8. The molecule has 0 saturated heterocycles. The standard InChI is InChI=1S/C21H21N3O4S/c1-3-18(28-20(26)14-7-4-8-15(22)10-14)19(25)24-21-23-17(12-29-21)13-6-5-9-16(11-13)27-2/h4-12,18H,3,22H2,1-2H3,(H,23,24,25). The Hall–Kier alpha value is -3.39. The third kappa shape index (κ3) is 5.11. The summed E-state index contributed by atoms with van der Waals surface area (Å²) in [6.45, 7) is 1.76. The molecule has 0 aliphatic carbocycles. The van der Waals surface area contributed by atoms with E-state index < -0.39 is 18.0 Å². The minimum atomic E-state index is -0.937. The summed E-state index contributed by atoms with van der Waals surface area (Å²) >= 11 is 1.29. The molecule has 1 amide bonds. The Morgan fingerprint density at radius 2 is 2.00 bits per heavy atom. The van der Waals surface area contributed by atoms with Gasteiger partial charge in [-0.3, -0.25) is 10.1 Å². The van der Waals surface area contributed by atoms with Crippen molar-refractivity contribution in [1.82, 2.24) is 4.98 Å². The maximum Gasteiger partial charge on any atom is 0.338 e. The van der Waals surface area contributed by atoms with E-state index in [1.807, 2.05) is 29.6 Å². The number of thiazole rings is 1. The van der Waals surface area contributed by atoms with Gasteiger partial charge in [-0.05, 0) is 36.8 Å². The van der Waals surface area contributed by atoms with Gasteiger partial charge in [-0.15, -0.1) is 11.3 Å². The van der Waals surface area contributed by atoms with E-state index in [2.05, 4.69) is 10.3 Å².